The Kier molecular flexibility index (Phi) is 4.07. The van der Waals surface area contributed by atoms with Crippen LogP contribution in [0.2, 0.25) is 0 Å². The second-order valence-electron chi connectivity index (χ2n) is 8.00. The van der Waals surface area contributed by atoms with Gasteiger partial charge in [-0.25, -0.2) is 9.37 Å². The summed E-state index contributed by atoms with van der Waals surface area (Å²) >= 11 is 3.65. The molecule has 2 aromatic carbocycles. The first-order chi connectivity index (χ1) is 14.2. The van der Waals surface area contributed by atoms with Gasteiger partial charge in [0, 0.05) is 26.5 Å². The van der Waals surface area contributed by atoms with Gasteiger partial charge in [0.25, 0.3) is 0 Å². The minimum absolute atomic E-state index is 0.193. The monoisotopic (exact) mass is 417 g/mol. The van der Waals surface area contributed by atoms with Crippen LogP contribution in [0, 0.1) is 12.7 Å². The zero-order valence-corrected chi connectivity index (χ0v) is 17.9. The van der Waals surface area contributed by atoms with Gasteiger partial charge in [0.2, 0.25) is 0 Å². The molecule has 6 rings (SSSR count). The minimum atomic E-state index is -0.193. The van der Waals surface area contributed by atoms with Crippen molar-refractivity contribution in [1.29, 1.82) is 0 Å². The molecular formula is C25H20FNS2. The number of aromatic nitrogens is 1. The molecule has 2 aliphatic rings. The summed E-state index contributed by atoms with van der Waals surface area (Å²) in [5.74, 6) is 0.687. The standard InChI is InChI=1S/C25H20FNS2/c1-14-6-8-15(9-7-14)22-19-13-28-20-11-10-16(26)12-18(20)24(19)27-25-23(22)17-4-2-3-5-21(17)29-25/h6-12H,2-5,13H2,1H3. The fourth-order valence-electron chi connectivity index (χ4n) is 4.69. The van der Waals surface area contributed by atoms with Crippen molar-refractivity contribution in [2.45, 2.75) is 43.3 Å². The van der Waals surface area contributed by atoms with Gasteiger partial charge in [0.1, 0.15) is 10.6 Å². The normalized spacial score (nSPS) is 15.1. The Bertz CT molecular complexity index is 1270. The number of fused-ring (bicyclic) bond motifs is 6. The molecule has 1 nitrogen and oxygen atoms in total. The highest BCUT2D eigenvalue weighted by molar-refractivity contribution is 7.98. The second kappa shape index (κ2) is 6.68. The third kappa shape index (κ3) is 2.77. The number of thioether (sulfide) groups is 1. The van der Waals surface area contributed by atoms with Gasteiger partial charge in [-0.15, -0.1) is 23.1 Å². The van der Waals surface area contributed by atoms with E-state index in [-0.39, 0.29) is 5.82 Å². The Labute approximate surface area is 178 Å². The molecule has 0 fully saturated rings. The van der Waals surface area contributed by atoms with Gasteiger partial charge in [-0.2, -0.15) is 0 Å². The Balaban J connectivity index is 1.73. The molecule has 0 saturated heterocycles. The van der Waals surface area contributed by atoms with Crippen LogP contribution < -0.4 is 0 Å². The molecule has 1 aliphatic heterocycles. The summed E-state index contributed by atoms with van der Waals surface area (Å²) in [7, 11) is 0. The summed E-state index contributed by atoms with van der Waals surface area (Å²) in [4.78, 5) is 8.89. The van der Waals surface area contributed by atoms with E-state index in [0.29, 0.717) is 0 Å². The molecule has 1 aliphatic carbocycles. The molecule has 0 saturated carbocycles. The van der Waals surface area contributed by atoms with Crippen molar-refractivity contribution in [3.63, 3.8) is 0 Å². The van der Waals surface area contributed by atoms with Crippen LogP contribution in [0.5, 0.6) is 0 Å². The van der Waals surface area contributed by atoms with Crippen LogP contribution in [0.25, 0.3) is 32.6 Å². The topological polar surface area (TPSA) is 12.9 Å². The fraction of sp³-hybridized carbons (Fsp3) is 0.240. The number of nitrogens with zero attached hydrogens (tertiary/aromatic N) is 1. The molecule has 4 heteroatoms. The second-order valence-corrected chi connectivity index (χ2v) is 10.1. The molecule has 29 heavy (non-hydrogen) atoms. The highest BCUT2D eigenvalue weighted by Gasteiger charge is 2.28. The van der Waals surface area contributed by atoms with Gasteiger partial charge >= 0.3 is 0 Å². The Morgan fingerprint density at radius 2 is 1.79 bits per heavy atom. The highest BCUT2D eigenvalue weighted by atomic mass is 32.2. The zero-order valence-electron chi connectivity index (χ0n) is 16.2. The van der Waals surface area contributed by atoms with Gasteiger partial charge in [0.15, 0.2) is 0 Å². The van der Waals surface area contributed by atoms with E-state index in [1.807, 2.05) is 17.4 Å². The molecule has 0 unspecified atom stereocenters. The number of rotatable bonds is 1. The largest absolute Gasteiger partial charge is 0.236 e. The van der Waals surface area contributed by atoms with Gasteiger partial charge in [-0.3, -0.25) is 0 Å². The quantitative estimate of drug-likeness (QED) is 0.317. The summed E-state index contributed by atoms with van der Waals surface area (Å²) in [5.41, 5.74) is 8.53. The molecule has 0 spiro atoms. The number of aryl methyl sites for hydroxylation is 3. The molecule has 0 bridgehead atoms. The lowest BCUT2D eigenvalue weighted by atomic mass is 9.89. The van der Waals surface area contributed by atoms with Crippen molar-refractivity contribution >= 4 is 33.3 Å². The smallest absolute Gasteiger partial charge is 0.125 e. The lowest BCUT2D eigenvalue weighted by Crippen LogP contribution is -2.04. The molecule has 0 atom stereocenters. The number of thiophene rings is 1. The third-order valence-corrected chi connectivity index (χ3v) is 8.40. The van der Waals surface area contributed by atoms with Crippen molar-refractivity contribution in [3.8, 4) is 22.4 Å². The minimum Gasteiger partial charge on any atom is -0.236 e. The number of hydrogen-bond donors (Lipinski definition) is 0. The maximum atomic E-state index is 14.1. The number of hydrogen-bond acceptors (Lipinski definition) is 3. The summed E-state index contributed by atoms with van der Waals surface area (Å²) in [6.07, 6.45) is 4.83. The molecular weight excluding hydrogens is 397 g/mol. The fourth-order valence-corrected chi connectivity index (χ4v) is 7.02. The summed E-state index contributed by atoms with van der Waals surface area (Å²) < 4.78 is 14.1. The highest BCUT2D eigenvalue weighted by Crippen LogP contribution is 2.49. The Hall–Kier alpha value is -2.17. The van der Waals surface area contributed by atoms with Crippen LogP contribution in [-0.2, 0) is 18.6 Å². The van der Waals surface area contributed by atoms with Crippen molar-refractivity contribution in [2.75, 3.05) is 0 Å². The van der Waals surface area contributed by atoms with Gasteiger partial charge < -0.3 is 0 Å². The van der Waals surface area contributed by atoms with Crippen LogP contribution in [0.1, 0.15) is 34.4 Å². The predicted octanol–water partition coefficient (Wildman–Crippen LogP) is 7.56. The van der Waals surface area contributed by atoms with Crippen LogP contribution in [0.4, 0.5) is 4.39 Å². The van der Waals surface area contributed by atoms with Crippen LogP contribution in [-0.4, -0.2) is 4.98 Å². The van der Waals surface area contributed by atoms with E-state index in [2.05, 4.69) is 31.2 Å². The van der Waals surface area contributed by atoms with E-state index in [1.54, 1.807) is 23.9 Å². The maximum Gasteiger partial charge on any atom is 0.125 e. The van der Waals surface area contributed by atoms with E-state index in [0.717, 1.165) is 39.6 Å². The lowest BCUT2D eigenvalue weighted by molar-refractivity contribution is 0.627. The number of benzene rings is 2. The third-order valence-electron chi connectivity index (χ3n) is 6.11. The number of halogens is 1. The zero-order chi connectivity index (χ0) is 19.5. The van der Waals surface area contributed by atoms with E-state index in [1.165, 1.54) is 50.9 Å². The molecule has 0 N–H and O–H groups in total. The molecule has 0 amide bonds. The first-order valence-corrected chi connectivity index (χ1v) is 12.0. The summed E-state index contributed by atoms with van der Waals surface area (Å²) in [5, 5.41) is 1.35. The van der Waals surface area contributed by atoms with Gasteiger partial charge in [-0.1, -0.05) is 29.8 Å². The Morgan fingerprint density at radius 3 is 2.66 bits per heavy atom. The van der Waals surface area contributed by atoms with Gasteiger partial charge in [0.05, 0.1) is 5.69 Å². The van der Waals surface area contributed by atoms with Crippen molar-refractivity contribution in [1.82, 2.24) is 4.98 Å². The number of pyridine rings is 1. The van der Waals surface area contributed by atoms with Crippen molar-refractivity contribution in [3.05, 3.63) is 69.8 Å². The maximum absolute atomic E-state index is 14.1. The van der Waals surface area contributed by atoms with E-state index in [4.69, 9.17) is 4.98 Å². The molecule has 144 valence electrons. The summed E-state index contributed by atoms with van der Waals surface area (Å²) in [6.45, 7) is 2.13. The van der Waals surface area contributed by atoms with Crippen LogP contribution in [0.15, 0.2) is 47.4 Å². The SMILES string of the molecule is Cc1ccc(-c2c3c(nc4sc5c(c24)CCCC5)-c2cc(F)ccc2SC3)cc1. The van der Waals surface area contributed by atoms with Crippen LogP contribution >= 0.6 is 23.1 Å². The Morgan fingerprint density at radius 1 is 0.966 bits per heavy atom. The average Bonchev–Trinajstić information content (AvgIpc) is 3.11. The molecule has 2 aromatic heterocycles. The summed E-state index contributed by atoms with van der Waals surface area (Å²) in [6, 6.07) is 14.0. The predicted molar refractivity (Wildman–Crippen MR) is 121 cm³/mol. The molecule has 3 heterocycles. The molecule has 4 aromatic rings. The molecule has 0 radical (unpaired) electrons. The first-order valence-electron chi connectivity index (χ1n) is 10.2. The van der Waals surface area contributed by atoms with E-state index in [9.17, 15) is 4.39 Å². The van der Waals surface area contributed by atoms with E-state index < -0.39 is 0 Å². The van der Waals surface area contributed by atoms with Crippen molar-refractivity contribution in [2.24, 2.45) is 0 Å². The lowest BCUT2D eigenvalue weighted by Gasteiger charge is -2.23. The van der Waals surface area contributed by atoms with E-state index >= 15 is 0 Å². The first kappa shape index (κ1) is 17.7. The van der Waals surface area contributed by atoms with Gasteiger partial charge in [-0.05, 0) is 73.1 Å². The van der Waals surface area contributed by atoms with Crippen LogP contribution in [0.3, 0.4) is 0 Å². The van der Waals surface area contributed by atoms with Crippen molar-refractivity contribution < 1.29 is 4.39 Å². The average molecular weight is 418 g/mol.